The van der Waals surface area contributed by atoms with Gasteiger partial charge in [-0.2, -0.15) is 0 Å². The highest BCUT2D eigenvalue weighted by molar-refractivity contribution is 6.33. The van der Waals surface area contributed by atoms with Crippen molar-refractivity contribution in [1.82, 2.24) is 4.98 Å². The van der Waals surface area contributed by atoms with Crippen LogP contribution in [-0.2, 0) is 0 Å². The van der Waals surface area contributed by atoms with Gasteiger partial charge in [0, 0.05) is 11.3 Å². The first-order valence-corrected chi connectivity index (χ1v) is 9.42. The van der Waals surface area contributed by atoms with E-state index in [1.54, 1.807) is 36.4 Å². The van der Waals surface area contributed by atoms with Crippen LogP contribution in [0.2, 0.25) is 5.02 Å². The van der Waals surface area contributed by atoms with E-state index in [1.807, 2.05) is 24.3 Å². The van der Waals surface area contributed by atoms with Crippen LogP contribution in [0.4, 0.5) is 5.69 Å². The lowest BCUT2D eigenvalue weighted by Gasteiger charge is -2.18. The summed E-state index contributed by atoms with van der Waals surface area (Å²) in [5.74, 6) is 1.32. The number of anilines is 1. The molecule has 6 nitrogen and oxygen atoms in total. The van der Waals surface area contributed by atoms with Gasteiger partial charge in [-0.05, 0) is 48.5 Å². The van der Waals surface area contributed by atoms with Gasteiger partial charge in [-0.25, -0.2) is 4.98 Å². The predicted octanol–water partition coefficient (Wildman–Crippen LogP) is 5.17. The number of rotatable bonds is 3. The Hall–Kier alpha value is -3.51. The van der Waals surface area contributed by atoms with E-state index in [0.717, 1.165) is 5.52 Å². The van der Waals surface area contributed by atoms with Gasteiger partial charge in [-0.3, -0.25) is 4.79 Å². The molecule has 0 radical (unpaired) electrons. The van der Waals surface area contributed by atoms with E-state index in [4.69, 9.17) is 25.5 Å². The van der Waals surface area contributed by atoms with E-state index in [2.05, 4.69) is 10.3 Å². The third-order valence-corrected chi connectivity index (χ3v) is 4.88. The first-order chi connectivity index (χ1) is 14.2. The zero-order valence-corrected chi connectivity index (χ0v) is 15.9. The average Bonchev–Trinajstić information content (AvgIpc) is 3.18. The minimum Gasteiger partial charge on any atom is -0.486 e. The number of halogens is 1. The van der Waals surface area contributed by atoms with E-state index in [-0.39, 0.29) is 5.91 Å². The summed E-state index contributed by atoms with van der Waals surface area (Å²) in [5.41, 5.74) is 3.05. The molecule has 7 heteroatoms. The number of para-hydroxylation sites is 2. The van der Waals surface area contributed by atoms with E-state index in [9.17, 15) is 4.79 Å². The minimum absolute atomic E-state index is 0.271. The van der Waals surface area contributed by atoms with Crippen molar-refractivity contribution >= 4 is 34.3 Å². The summed E-state index contributed by atoms with van der Waals surface area (Å²) in [6, 6.07) is 17.7. The van der Waals surface area contributed by atoms with E-state index < -0.39 is 0 Å². The largest absolute Gasteiger partial charge is 0.486 e. The molecule has 1 amide bonds. The zero-order chi connectivity index (χ0) is 19.8. The van der Waals surface area contributed by atoms with Crippen molar-refractivity contribution in [2.75, 3.05) is 18.5 Å². The Morgan fingerprint density at radius 2 is 1.79 bits per heavy atom. The van der Waals surface area contributed by atoms with Crippen LogP contribution in [0.25, 0.3) is 22.6 Å². The first-order valence-electron chi connectivity index (χ1n) is 9.04. The van der Waals surface area contributed by atoms with Gasteiger partial charge in [0.15, 0.2) is 17.1 Å². The van der Waals surface area contributed by atoms with Crippen molar-refractivity contribution < 1.29 is 18.7 Å². The van der Waals surface area contributed by atoms with Crippen LogP contribution in [0.15, 0.2) is 65.1 Å². The number of aromatic nitrogens is 1. The van der Waals surface area contributed by atoms with Crippen LogP contribution in [0.3, 0.4) is 0 Å². The fourth-order valence-electron chi connectivity index (χ4n) is 3.14. The van der Waals surface area contributed by atoms with Gasteiger partial charge in [0.2, 0.25) is 5.89 Å². The van der Waals surface area contributed by atoms with Crippen LogP contribution in [0.5, 0.6) is 11.5 Å². The van der Waals surface area contributed by atoms with Crippen LogP contribution in [0.1, 0.15) is 10.4 Å². The third-order valence-electron chi connectivity index (χ3n) is 4.55. The van der Waals surface area contributed by atoms with Gasteiger partial charge in [0.05, 0.1) is 10.6 Å². The number of hydrogen-bond donors (Lipinski definition) is 1. The lowest BCUT2D eigenvalue weighted by atomic mass is 10.1. The molecule has 0 saturated carbocycles. The molecule has 0 aliphatic carbocycles. The van der Waals surface area contributed by atoms with Gasteiger partial charge < -0.3 is 19.2 Å². The van der Waals surface area contributed by atoms with Gasteiger partial charge >= 0.3 is 0 Å². The second-order valence-electron chi connectivity index (χ2n) is 6.49. The van der Waals surface area contributed by atoms with Crippen LogP contribution < -0.4 is 14.8 Å². The van der Waals surface area contributed by atoms with Gasteiger partial charge in [0.25, 0.3) is 5.91 Å². The van der Waals surface area contributed by atoms with E-state index in [1.165, 1.54) is 0 Å². The minimum atomic E-state index is -0.271. The smallest absolute Gasteiger partial charge is 0.255 e. The molecular formula is C22H15ClN2O4. The molecule has 0 saturated heterocycles. The topological polar surface area (TPSA) is 73.6 Å². The second kappa shape index (κ2) is 7.14. The maximum atomic E-state index is 12.7. The summed E-state index contributed by atoms with van der Waals surface area (Å²) in [6.45, 7) is 0.963. The number of carbonyl (C=O) groups is 1. The number of nitrogens with one attached hydrogen (secondary N) is 1. The number of ether oxygens (including phenoxy) is 2. The predicted molar refractivity (Wildman–Crippen MR) is 110 cm³/mol. The van der Waals surface area contributed by atoms with E-state index in [0.29, 0.717) is 58.0 Å². The number of fused-ring (bicyclic) bond motifs is 2. The molecule has 144 valence electrons. The normalized spacial score (nSPS) is 12.7. The third kappa shape index (κ3) is 3.39. The maximum absolute atomic E-state index is 12.7. The monoisotopic (exact) mass is 406 g/mol. The number of benzene rings is 3. The standard InChI is InChI=1S/C22H15ClN2O4/c23-16-7-6-14(12-15(16)22-25-17-3-1-2-4-18(17)29-22)24-21(26)13-5-8-19-20(11-13)28-10-9-27-19/h1-8,11-12H,9-10H2,(H,24,26). The molecular weight excluding hydrogens is 392 g/mol. The van der Waals surface area contributed by atoms with Crippen molar-refractivity contribution in [3.63, 3.8) is 0 Å². The van der Waals surface area contributed by atoms with Crippen LogP contribution in [-0.4, -0.2) is 24.1 Å². The molecule has 4 aromatic rings. The molecule has 5 rings (SSSR count). The van der Waals surface area contributed by atoms with Gasteiger partial charge in [-0.1, -0.05) is 23.7 Å². The molecule has 0 spiro atoms. The molecule has 0 fully saturated rings. The number of oxazole rings is 1. The summed E-state index contributed by atoms with van der Waals surface area (Å²) in [6.07, 6.45) is 0. The lowest BCUT2D eigenvalue weighted by molar-refractivity contribution is 0.102. The lowest BCUT2D eigenvalue weighted by Crippen LogP contribution is -2.17. The summed E-state index contributed by atoms with van der Waals surface area (Å²) < 4.78 is 16.8. The van der Waals surface area contributed by atoms with Crippen molar-refractivity contribution in [3.8, 4) is 23.0 Å². The SMILES string of the molecule is O=C(Nc1ccc(Cl)c(-c2nc3ccccc3o2)c1)c1ccc2c(c1)OCCO2. The maximum Gasteiger partial charge on any atom is 0.255 e. The molecule has 0 bridgehead atoms. The summed E-state index contributed by atoms with van der Waals surface area (Å²) in [7, 11) is 0. The Labute approximate surface area is 171 Å². The molecule has 1 aliphatic heterocycles. The summed E-state index contributed by atoms with van der Waals surface area (Å²) >= 11 is 6.35. The van der Waals surface area contributed by atoms with Crippen molar-refractivity contribution in [2.24, 2.45) is 0 Å². The molecule has 2 heterocycles. The van der Waals surface area contributed by atoms with Crippen LogP contribution >= 0.6 is 11.6 Å². The van der Waals surface area contributed by atoms with Crippen molar-refractivity contribution in [3.05, 3.63) is 71.2 Å². The Morgan fingerprint density at radius 1 is 0.966 bits per heavy atom. The highest BCUT2D eigenvalue weighted by Gasteiger charge is 2.17. The van der Waals surface area contributed by atoms with E-state index >= 15 is 0 Å². The molecule has 29 heavy (non-hydrogen) atoms. The summed E-state index contributed by atoms with van der Waals surface area (Å²) in [4.78, 5) is 17.2. The highest BCUT2D eigenvalue weighted by atomic mass is 35.5. The molecule has 0 atom stereocenters. The molecule has 0 unspecified atom stereocenters. The fraction of sp³-hybridized carbons (Fsp3) is 0.0909. The number of amides is 1. The molecule has 1 aromatic heterocycles. The number of hydrogen-bond acceptors (Lipinski definition) is 5. The molecule has 3 aromatic carbocycles. The average molecular weight is 407 g/mol. The first kappa shape index (κ1) is 17.6. The number of nitrogens with zero attached hydrogens (tertiary/aromatic N) is 1. The molecule has 1 N–H and O–H groups in total. The second-order valence-corrected chi connectivity index (χ2v) is 6.90. The Morgan fingerprint density at radius 3 is 2.66 bits per heavy atom. The Bertz CT molecular complexity index is 1200. The quantitative estimate of drug-likeness (QED) is 0.508. The van der Waals surface area contributed by atoms with Crippen molar-refractivity contribution in [1.29, 1.82) is 0 Å². The Kier molecular flexibility index (Phi) is 4.33. The highest BCUT2D eigenvalue weighted by Crippen LogP contribution is 2.33. The molecule has 1 aliphatic rings. The Balaban J connectivity index is 1.43. The van der Waals surface area contributed by atoms with Crippen LogP contribution in [0, 0.1) is 0 Å². The summed E-state index contributed by atoms with van der Waals surface area (Å²) in [5, 5.41) is 3.35. The number of carbonyl (C=O) groups excluding carboxylic acids is 1. The van der Waals surface area contributed by atoms with Crippen molar-refractivity contribution in [2.45, 2.75) is 0 Å². The van der Waals surface area contributed by atoms with Gasteiger partial charge in [-0.15, -0.1) is 0 Å². The fourth-order valence-corrected chi connectivity index (χ4v) is 3.34. The zero-order valence-electron chi connectivity index (χ0n) is 15.1. The van der Waals surface area contributed by atoms with Gasteiger partial charge in [0.1, 0.15) is 18.7 Å².